The van der Waals surface area contributed by atoms with Crippen molar-refractivity contribution in [3.63, 3.8) is 0 Å². The van der Waals surface area contributed by atoms with Gasteiger partial charge in [0.25, 0.3) is 0 Å². The summed E-state index contributed by atoms with van der Waals surface area (Å²) in [6.45, 7) is 9.03. The molecule has 18 heavy (non-hydrogen) atoms. The molecule has 0 aromatic heterocycles. The molecule has 4 nitrogen and oxygen atoms in total. The number of amides is 1. The van der Waals surface area contributed by atoms with E-state index in [1.54, 1.807) is 26.8 Å². The van der Waals surface area contributed by atoms with E-state index in [1.165, 1.54) is 0 Å². The molecule has 0 aromatic rings. The molecule has 0 heterocycles. The Balaban J connectivity index is 2.51. The highest BCUT2D eigenvalue weighted by Crippen LogP contribution is 2.31. The van der Waals surface area contributed by atoms with Crippen LogP contribution in [-0.4, -0.2) is 23.5 Å². The van der Waals surface area contributed by atoms with Crippen molar-refractivity contribution in [3.05, 3.63) is 12.7 Å². The maximum Gasteiger partial charge on any atom is 0.408 e. The van der Waals surface area contributed by atoms with Gasteiger partial charge in [-0.25, -0.2) is 4.79 Å². The number of ether oxygens (including phenoxy) is 1. The second-order valence-electron chi connectivity index (χ2n) is 5.74. The summed E-state index contributed by atoms with van der Waals surface area (Å²) in [4.78, 5) is 23.7. The van der Waals surface area contributed by atoms with Crippen molar-refractivity contribution in [2.24, 2.45) is 5.92 Å². The molecule has 1 unspecified atom stereocenters. The molecule has 0 bridgehead atoms. The van der Waals surface area contributed by atoms with E-state index in [2.05, 4.69) is 11.9 Å². The van der Waals surface area contributed by atoms with Gasteiger partial charge in [-0.2, -0.15) is 0 Å². The Morgan fingerprint density at radius 3 is 2.50 bits per heavy atom. The quantitative estimate of drug-likeness (QED) is 0.740. The Hall–Kier alpha value is -1.32. The molecule has 1 aliphatic carbocycles. The second kappa shape index (κ2) is 6.03. The Morgan fingerprint density at radius 2 is 2.06 bits per heavy atom. The van der Waals surface area contributed by atoms with Gasteiger partial charge in [-0.1, -0.05) is 6.08 Å². The first-order chi connectivity index (χ1) is 8.33. The summed E-state index contributed by atoms with van der Waals surface area (Å²) in [5.41, 5.74) is -0.546. The number of ketones is 1. The zero-order valence-electron chi connectivity index (χ0n) is 11.5. The van der Waals surface area contributed by atoms with Crippen molar-refractivity contribution in [3.8, 4) is 0 Å². The number of hydrogen-bond acceptors (Lipinski definition) is 3. The minimum atomic E-state index is -0.546. The number of allylic oxidation sites excluding steroid dienone is 1. The van der Waals surface area contributed by atoms with Gasteiger partial charge in [-0.15, -0.1) is 6.58 Å². The highest BCUT2D eigenvalue weighted by Gasteiger charge is 2.35. The Kier molecular flexibility index (Phi) is 4.93. The summed E-state index contributed by atoms with van der Waals surface area (Å²) >= 11 is 0. The SMILES string of the molecule is C=CCCC(NC(=O)OC(C)(C)C)C(=O)C1CC1. The minimum absolute atomic E-state index is 0.128. The first-order valence-electron chi connectivity index (χ1n) is 6.47. The lowest BCUT2D eigenvalue weighted by atomic mass is 10.0. The van der Waals surface area contributed by atoms with Crippen LogP contribution in [0.4, 0.5) is 4.79 Å². The van der Waals surface area contributed by atoms with Crippen LogP contribution in [0.2, 0.25) is 0 Å². The lowest BCUT2D eigenvalue weighted by molar-refractivity contribution is -0.122. The third-order valence-electron chi connectivity index (χ3n) is 2.67. The third kappa shape index (κ3) is 5.34. The lowest BCUT2D eigenvalue weighted by Crippen LogP contribution is -2.44. The smallest absolute Gasteiger partial charge is 0.408 e. The van der Waals surface area contributed by atoms with Crippen LogP contribution in [0, 0.1) is 5.92 Å². The summed E-state index contributed by atoms with van der Waals surface area (Å²) in [5.74, 6) is 0.262. The molecule has 4 heteroatoms. The molecule has 1 amide bonds. The van der Waals surface area contributed by atoms with Crippen LogP contribution < -0.4 is 5.32 Å². The van der Waals surface area contributed by atoms with Gasteiger partial charge in [0.1, 0.15) is 5.60 Å². The number of carbonyl (C=O) groups is 2. The summed E-state index contributed by atoms with van der Waals surface area (Å²) in [6, 6.07) is -0.439. The summed E-state index contributed by atoms with van der Waals surface area (Å²) in [6.07, 6.45) is 4.42. The fourth-order valence-electron chi connectivity index (χ4n) is 1.67. The van der Waals surface area contributed by atoms with Crippen LogP contribution in [0.1, 0.15) is 46.5 Å². The van der Waals surface area contributed by atoms with E-state index in [9.17, 15) is 9.59 Å². The topological polar surface area (TPSA) is 55.4 Å². The Morgan fingerprint density at radius 1 is 1.44 bits per heavy atom. The zero-order valence-corrected chi connectivity index (χ0v) is 11.5. The van der Waals surface area contributed by atoms with Crippen LogP contribution >= 0.6 is 0 Å². The standard InChI is InChI=1S/C14H23NO3/c1-5-6-7-11(12(16)10-8-9-10)15-13(17)18-14(2,3)4/h5,10-11H,1,6-9H2,2-4H3,(H,15,17). The molecule has 0 aromatic carbocycles. The molecular formula is C14H23NO3. The van der Waals surface area contributed by atoms with Gasteiger partial charge in [-0.05, 0) is 46.5 Å². The second-order valence-corrected chi connectivity index (χ2v) is 5.74. The predicted octanol–water partition coefficient (Wildman–Crippen LogP) is 2.83. The van der Waals surface area contributed by atoms with E-state index in [0.717, 1.165) is 12.8 Å². The van der Waals surface area contributed by atoms with Crippen molar-refractivity contribution in [1.82, 2.24) is 5.32 Å². The van der Waals surface area contributed by atoms with Crippen molar-refractivity contribution < 1.29 is 14.3 Å². The molecule has 0 aliphatic heterocycles. The number of rotatable bonds is 6. The van der Waals surface area contributed by atoms with E-state index in [-0.39, 0.29) is 11.7 Å². The Labute approximate surface area is 109 Å². The van der Waals surface area contributed by atoms with Gasteiger partial charge < -0.3 is 10.1 Å². The highest BCUT2D eigenvalue weighted by atomic mass is 16.6. The average molecular weight is 253 g/mol. The van der Waals surface area contributed by atoms with Crippen molar-refractivity contribution in [1.29, 1.82) is 0 Å². The third-order valence-corrected chi connectivity index (χ3v) is 2.67. The molecule has 1 fully saturated rings. The molecular weight excluding hydrogens is 230 g/mol. The minimum Gasteiger partial charge on any atom is -0.444 e. The van der Waals surface area contributed by atoms with Gasteiger partial charge in [0.2, 0.25) is 0 Å². The fraction of sp³-hybridized carbons (Fsp3) is 0.714. The average Bonchev–Trinajstić information content (AvgIpc) is 3.04. The van der Waals surface area contributed by atoms with Crippen LogP contribution in [0.3, 0.4) is 0 Å². The largest absolute Gasteiger partial charge is 0.444 e. The van der Waals surface area contributed by atoms with Crippen LogP contribution in [0.5, 0.6) is 0 Å². The van der Waals surface area contributed by atoms with Crippen molar-refractivity contribution in [2.75, 3.05) is 0 Å². The normalized spacial score (nSPS) is 16.8. The number of hydrogen-bond donors (Lipinski definition) is 1. The van der Waals surface area contributed by atoms with Crippen LogP contribution in [0.25, 0.3) is 0 Å². The van der Waals surface area contributed by atoms with E-state index in [0.29, 0.717) is 12.8 Å². The van der Waals surface area contributed by atoms with Crippen LogP contribution in [0.15, 0.2) is 12.7 Å². The molecule has 1 saturated carbocycles. The molecule has 0 spiro atoms. The van der Waals surface area contributed by atoms with E-state index in [4.69, 9.17) is 4.74 Å². The number of carbonyl (C=O) groups excluding carboxylic acids is 2. The van der Waals surface area contributed by atoms with Gasteiger partial charge >= 0.3 is 6.09 Å². The molecule has 102 valence electrons. The lowest BCUT2D eigenvalue weighted by Gasteiger charge is -2.23. The number of alkyl carbamates (subject to hydrolysis) is 1. The zero-order chi connectivity index (χ0) is 13.8. The Bertz CT molecular complexity index is 326. The molecule has 1 N–H and O–H groups in total. The fourth-order valence-corrected chi connectivity index (χ4v) is 1.67. The maximum absolute atomic E-state index is 12.0. The van der Waals surface area contributed by atoms with Crippen LogP contribution in [-0.2, 0) is 9.53 Å². The number of nitrogens with one attached hydrogen (secondary N) is 1. The van der Waals surface area contributed by atoms with E-state index in [1.807, 2.05) is 0 Å². The molecule has 1 atom stereocenters. The van der Waals surface area contributed by atoms with Crippen molar-refractivity contribution >= 4 is 11.9 Å². The molecule has 1 aliphatic rings. The van der Waals surface area contributed by atoms with E-state index < -0.39 is 17.7 Å². The van der Waals surface area contributed by atoms with Crippen molar-refractivity contribution in [2.45, 2.75) is 58.1 Å². The monoisotopic (exact) mass is 253 g/mol. The first-order valence-corrected chi connectivity index (χ1v) is 6.47. The predicted molar refractivity (Wildman–Crippen MR) is 70.3 cm³/mol. The first kappa shape index (κ1) is 14.7. The van der Waals surface area contributed by atoms with Gasteiger partial charge in [-0.3, -0.25) is 4.79 Å². The summed E-state index contributed by atoms with van der Waals surface area (Å²) in [5, 5.41) is 2.67. The number of Topliss-reactive ketones (excluding diaryl/α,β-unsaturated/α-hetero) is 1. The van der Waals surface area contributed by atoms with Gasteiger partial charge in [0.05, 0.1) is 6.04 Å². The molecule has 1 rings (SSSR count). The maximum atomic E-state index is 12.0. The molecule has 0 radical (unpaired) electrons. The molecule has 0 saturated heterocycles. The van der Waals surface area contributed by atoms with Gasteiger partial charge in [0, 0.05) is 5.92 Å². The summed E-state index contributed by atoms with van der Waals surface area (Å²) in [7, 11) is 0. The van der Waals surface area contributed by atoms with E-state index >= 15 is 0 Å². The van der Waals surface area contributed by atoms with Gasteiger partial charge in [0.15, 0.2) is 5.78 Å². The summed E-state index contributed by atoms with van der Waals surface area (Å²) < 4.78 is 5.17. The highest BCUT2D eigenvalue weighted by molar-refractivity contribution is 5.90.